The van der Waals surface area contributed by atoms with Crippen LogP contribution in [0.2, 0.25) is 0 Å². The van der Waals surface area contributed by atoms with E-state index in [1.165, 1.54) is 30.9 Å². The van der Waals surface area contributed by atoms with Gasteiger partial charge in [0, 0.05) is 37.7 Å². The Bertz CT molecular complexity index is 351. The van der Waals surface area contributed by atoms with Crippen LogP contribution in [-0.2, 0) is 6.54 Å². The van der Waals surface area contributed by atoms with Gasteiger partial charge in [-0.3, -0.25) is 4.90 Å². The molecule has 0 aliphatic carbocycles. The summed E-state index contributed by atoms with van der Waals surface area (Å²) in [6.45, 7) is 3.22. The van der Waals surface area contributed by atoms with Crippen LogP contribution in [0.4, 0.5) is 5.00 Å². The van der Waals surface area contributed by atoms with Crippen molar-refractivity contribution in [3.05, 3.63) is 5.69 Å². The molecule has 1 N–H and O–H groups in total. The van der Waals surface area contributed by atoms with Gasteiger partial charge in [0.05, 0.1) is 0 Å². The Labute approximate surface area is 107 Å². The minimum absolute atomic E-state index is 0.674. The van der Waals surface area contributed by atoms with Crippen molar-refractivity contribution in [2.45, 2.75) is 25.4 Å². The largest absolute Gasteiger partial charge is 0.377 e. The fourth-order valence-electron chi connectivity index (χ4n) is 2.31. The number of aromatic nitrogens is 2. The summed E-state index contributed by atoms with van der Waals surface area (Å²) in [6, 6.07) is 0.674. The summed E-state index contributed by atoms with van der Waals surface area (Å²) < 4.78 is 4.00. The van der Waals surface area contributed by atoms with E-state index in [0.29, 0.717) is 6.04 Å². The van der Waals surface area contributed by atoms with E-state index in [9.17, 15) is 0 Å². The van der Waals surface area contributed by atoms with Crippen LogP contribution in [0.3, 0.4) is 0 Å². The second kappa shape index (κ2) is 5.75. The standard InChI is InChI=1S/C11H21N5S/c1-12-11-10(13-14-17-11)8-16-6-4-5-9(7-16)15(2)3/h9,12H,4-8H2,1-3H3. The van der Waals surface area contributed by atoms with Crippen molar-refractivity contribution in [1.82, 2.24) is 19.4 Å². The summed E-state index contributed by atoms with van der Waals surface area (Å²) in [5, 5.41) is 8.45. The van der Waals surface area contributed by atoms with Crippen molar-refractivity contribution in [3.8, 4) is 0 Å². The normalized spacial score (nSPS) is 22.0. The van der Waals surface area contributed by atoms with Crippen molar-refractivity contribution >= 4 is 16.5 Å². The minimum Gasteiger partial charge on any atom is -0.377 e. The number of hydrogen-bond donors (Lipinski definition) is 1. The van der Waals surface area contributed by atoms with Gasteiger partial charge in [-0.1, -0.05) is 4.49 Å². The maximum absolute atomic E-state index is 4.20. The monoisotopic (exact) mass is 255 g/mol. The van der Waals surface area contributed by atoms with Gasteiger partial charge in [-0.05, 0) is 33.5 Å². The van der Waals surface area contributed by atoms with Crippen molar-refractivity contribution < 1.29 is 0 Å². The molecule has 17 heavy (non-hydrogen) atoms. The molecule has 2 rings (SSSR count). The summed E-state index contributed by atoms with van der Waals surface area (Å²) in [5.41, 5.74) is 1.08. The van der Waals surface area contributed by atoms with Gasteiger partial charge >= 0.3 is 0 Å². The molecule has 0 bridgehead atoms. The van der Waals surface area contributed by atoms with E-state index in [2.05, 4.69) is 38.8 Å². The van der Waals surface area contributed by atoms with Crippen LogP contribution in [0.25, 0.3) is 0 Å². The van der Waals surface area contributed by atoms with Crippen LogP contribution in [-0.4, -0.2) is 59.7 Å². The van der Waals surface area contributed by atoms with E-state index in [-0.39, 0.29) is 0 Å². The van der Waals surface area contributed by atoms with Crippen molar-refractivity contribution in [2.24, 2.45) is 0 Å². The predicted molar refractivity (Wildman–Crippen MR) is 71.4 cm³/mol. The Hall–Kier alpha value is -0.720. The van der Waals surface area contributed by atoms with Gasteiger partial charge in [0.2, 0.25) is 0 Å². The van der Waals surface area contributed by atoms with Gasteiger partial charge < -0.3 is 10.2 Å². The van der Waals surface area contributed by atoms with Crippen LogP contribution in [0.1, 0.15) is 18.5 Å². The SMILES string of the molecule is CNc1snnc1CN1CCCC(N(C)C)C1. The smallest absolute Gasteiger partial charge is 0.134 e. The second-order valence-electron chi connectivity index (χ2n) is 4.79. The molecule has 5 nitrogen and oxygen atoms in total. The molecule has 0 amide bonds. The lowest BCUT2D eigenvalue weighted by Gasteiger charge is -2.35. The number of anilines is 1. The van der Waals surface area contributed by atoms with Crippen LogP contribution >= 0.6 is 11.5 Å². The molecule has 2 heterocycles. The highest BCUT2D eigenvalue weighted by Gasteiger charge is 2.22. The third-order valence-electron chi connectivity index (χ3n) is 3.37. The second-order valence-corrected chi connectivity index (χ2v) is 5.55. The lowest BCUT2D eigenvalue weighted by Crippen LogP contribution is -2.44. The quantitative estimate of drug-likeness (QED) is 0.873. The molecule has 0 spiro atoms. The first kappa shape index (κ1) is 12.7. The number of hydrogen-bond acceptors (Lipinski definition) is 6. The predicted octanol–water partition coefficient (Wildman–Crippen LogP) is 1.11. The van der Waals surface area contributed by atoms with Crippen molar-refractivity contribution in [2.75, 3.05) is 39.5 Å². The minimum atomic E-state index is 0.674. The average molecular weight is 255 g/mol. The average Bonchev–Trinajstić information content (AvgIpc) is 2.76. The summed E-state index contributed by atoms with van der Waals surface area (Å²) in [6.07, 6.45) is 2.58. The number of likely N-dealkylation sites (tertiary alicyclic amines) is 1. The maximum Gasteiger partial charge on any atom is 0.134 e. The molecule has 0 aromatic carbocycles. The molecule has 1 atom stereocenters. The van der Waals surface area contributed by atoms with Gasteiger partial charge in [-0.25, -0.2) is 0 Å². The molecule has 1 saturated heterocycles. The highest BCUT2D eigenvalue weighted by atomic mass is 32.1. The van der Waals surface area contributed by atoms with Crippen LogP contribution in [0, 0.1) is 0 Å². The fourth-order valence-corrected chi connectivity index (χ4v) is 2.83. The van der Waals surface area contributed by atoms with E-state index >= 15 is 0 Å². The third-order valence-corrected chi connectivity index (χ3v) is 4.15. The highest BCUT2D eigenvalue weighted by Crippen LogP contribution is 2.21. The summed E-state index contributed by atoms with van der Waals surface area (Å²) >= 11 is 1.44. The van der Waals surface area contributed by atoms with E-state index in [1.807, 2.05) is 7.05 Å². The van der Waals surface area contributed by atoms with Crippen LogP contribution in [0.15, 0.2) is 0 Å². The first-order chi connectivity index (χ1) is 8.20. The molecule has 1 aromatic rings. The number of nitrogens with zero attached hydrogens (tertiary/aromatic N) is 4. The molecule has 96 valence electrons. The zero-order chi connectivity index (χ0) is 12.3. The highest BCUT2D eigenvalue weighted by molar-refractivity contribution is 7.10. The van der Waals surface area contributed by atoms with Gasteiger partial charge in [-0.2, -0.15) is 0 Å². The van der Waals surface area contributed by atoms with Crippen LogP contribution in [0.5, 0.6) is 0 Å². The van der Waals surface area contributed by atoms with E-state index in [4.69, 9.17) is 0 Å². The lowest BCUT2D eigenvalue weighted by molar-refractivity contribution is 0.127. The van der Waals surface area contributed by atoms with E-state index < -0.39 is 0 Å². The fraction of sp³-hybridized carbons (Fsp3) is 0.818. The summed E-state index contributed by atoms with van der Waals surface area (Å²) in [4.78, 5) is 4.80. The summed E-state index contributed by atoms with van der Waals surface area (Å²) in [5.74, 6) is 0. The molecule has 1 aliphatic rings. The molecule has 1 fully saturated rings. The molecule has 1 unspecified atom stereocenters. The van der Waals surface area contributed by atoms with Crippen molar-refractivity contribution in [1.29, 1.82) is 0 Å². The molecule has 1 aliphatic heterocycles. The number of nitrogens with one attached hydrogen (secondary N) is 1. The number of likely N-dealkylation sites (N-methyl/N-ethyl adjacent to an activating group) is 1. The van der Waals surface area contributed by atoms with Gasteiger partial charge in [0.25, 0.3) is 0 Å². The molecular formula is C11H21N5S. The Balaban J connectivity index is 1.94. The number of rotatable bonds is 4. The lowest BCUT2D eigenvalue weighted by atomic mass is 10.0. The van der Waals surface area contributed by atoms with Gasteiger partial charge in [0.15, 0.2) is 0 Å². The molecule has 1 aromatic heterocycles. The summed E-state index contributed by atoms with van der Waals surface area (Å²) in [7, 11) is 6.26. The zero-order valence-corrected chi connectivity index (χ0v) is 11.6. The van der Waals surface area contributed by atoms with Gasteiger partial charge in [0.1, 0.15) is 10.7 Å². The molecule has 0 radical (unpaired) electrons. The Morgan fingerprint density at radius 3 is 3.06 bits per heavy atom. The zero-order valence-electron chi connectivity index (χ0n) is 10.8. The maximum atomic E-state index is 4.20. The molecule has 0 saturated carbocycles. The van der Waals surface area contributed by atoms with Crippen LogP contribution < -0.4 is 5.32 Å². The topological polar surface area (TPSA) is 44.3 Å². The van der Waals surface area contributed by atoms with Gasteiger partial charge in [-0.15, -0.1) is 5.10 Å². The molecule has 6 heteroatoms. The first-order valence-electron chi connectivity index (χ1n) is 6.08. The molecular weight excluding hydrogens is 234 g/mol. The first-order valence-corrected chi connectivity index (χ1v) is 6.86. The van der Waals surface area contributed by atoms with E-state index in [0.717, 1.165) is 23.8 Å². The van der Waals surface area contributed by atoms with E-state index in [1.54, 1.807) is 0 Å². The Morgan fingerprint density at radius 1 is 1.53 bits per heavy atom. The third kappa shape index (κ3) is 3.14. The van der Waals surface area contributed by atoms with Crippen molar-refractivity contribution in [3.63, 3.8) is 0 Å². The Kier molecular flexibility index (Phi) is 4.31. The Morgan fingerprint density at radius 2 is 2.35 bits per heavy atom. The number of piperidine rings is 1.